The number of nitrogens with zero attached hydrogens (tertiary/aromatic N) is 1. The molecular weight excluding hydrogens is 276 g/mol. The maximum atomic E-state index is 10.4. The van der Waals surface area contributed by atoms with Crippen LogP contribution < -0.4 is 5.32 Å². The van der Waals surface area contributed by atoms with Crippen LogP contribution in [0.15, 0.2) is 34.7 Å². The Balaban J connectivity index is 2.16. The van der Waals surface area contributed by atoms with E-state index in [0.29, 0.717) is 22.0 Å². The summed E-state index contributed by atoms with van der Waals surface area (Å²) in [6, 6.07) is 10.6. The lowest BCUT2D eigenvalue weighted by Gasteiger charge is -2.22. The van der Waals surface area contributed by atoms with E-state index in [4.69, 9.17) is 21.3 Å². The minimum atomic E-state index is -1.18. The molecule has 0 saturated carbocycles. The normalized spacial score (nSPS) is 13.6. The number of nitrogens with one attached hydrogen (secondary N) is 1. The Morgan fingerprint density at radius 1 is 1.40 bits per heavy atom. The molecule has 0 radical (unpaired) electrons. The average molecular weight is 291 g/mol. The zero-order chi connectivity index (χ0) is 14.8. The van der Waals surface area contributed by atoms with Crippen molar-refractivity contribution < 1.29 is 9.52 Å². The first-order valence-corrected chi connectivity index (χ1v) is 6.53. The van der Waals surface area contributed by atoms with Crippen molar-refractivity contribution in [2.45, 2.75) is 19.4 Å². The summed E-state index contributed by atoms with van der Waals surface area (Å²) in [6.45, 7) is 3.67. The van der Waals surface area contributed by atoms with Crippen LogP contribution in [0.2, 0.25) is 5.02 Å². The lowest BCUT2D eigenvalue weighted by atomic mass is 10.0. The van der Waals surface area contributed by atoms with Crippen LogP contribution in [-0.4, -0.2) is 11.7 Å². The number of aliphatic hydroxyl groups is 1. The van der Waals surface area contributed by atoms with Gasteiger partial charge in [-0.15, -0.1) is 0 Å². The van der Waals surface area contributed by atoms with E-state index in [2.05, 4.69) is 11.4 Å². The third kappa shape index (κ3) is 3.13. The van der Waals surface area contributed by atoms with Crippen molar-refractivity contribution in [1.82, 2.24) is 0 Å². The number of hydrogen-bond acceptors (Lipinski definition) is 4. The summed E-state index contributed by atoms with van der Waals surface area (Å²) >= 11 is 5.91. The number of nitriles is 1. The topological polar surface area (TPSA) is 69.2 Å². The van der Waals surface area contributed by atoms with E-state index >= 15 is 0 Å². The Hall–Kier alpha value is -1.96. The molecule has 0 aliphatic rings. The second kappa shape index (κ2) is 5.58. The third-order valence-corrected chi connectivity index (χ3v) is 3.23. The molecule has 5 heteroatoms. The van der Waals surface area contributed by atoms with Crippen molar-refractivity contribution in [2.24, 2.45) is 0 Å². The Morgan fingerprint density at radius 2 is 2.15 bits per heavy atom. The molecule has 2 aromatic rings. The number of benzene rings is 1. The zero-order valence-electron chi connectivity index (χ0n) is 11.3. The number of halogens is 1. The molecule has 0 aliphatic heterocycles. The van der Waals surface area contributed by atoms with Crippen molar-refractivity contribution in [3.05, 3.63) is 52.4 Å². The molecule has 0 bridgehead atoms. The van der Waals surface area contributed by atoms with Gasteiger partial charge in [0.1, 0.15) is 23.2 Å². The molecule has 1 aromatic carbocycles. The first kappa shape index (κ1) is 14.4. The van der Waals surface area contributed by atoms with Gasteiger partial charge in [0.25, 0.3) is 0 Å². The zero-order valence-corrected chi connectivity index (χ0v) is 12.0. The summed E-state index contributed by atoms with van der Waals surface area (Å²) in [5.41, 5.74) is -0.118. The average Bonchev–Trinajstić information content (AvgIpc) is 2.84. The number of furan rings is 1. The Labute approximate surface area is 122 Å². The second-order valence-electron chi connectivity index (χ2n) is 4.84. The molecule has 0 spiro atoms. The van der Waals surface area contributed by atoms with Crippen LogP contribution in [0.25, 0.3) is 0 Å². The number of hydrogen-bond donors (Lipinski definition) is 2. The second-order valence-corrected chi connectivity index (χ2v) is 5.28. The monoisotopic (exact) mass is 290 g/mol. The fraction of sp³-hybridized carbons (Fsp3) is 0.267. The van der Waals surface area contributed by atoms with Crippen molar-refractivity contribution in [2.75, 3.05) is 11.9 Å². The number of rotatable bonds is 4. The van der Waals surface area contributed by atoms with Crippen molar-refractivity contribution in [1.29, 1.82) is 5.26 Å². The van der Waals surface area contributed by atoms with Crippen LogP contribution in [0.4, 0.5) is 5.69 Å². The molecule has 0 fully saturated rings. The van der Waals surface area contributed by atoms with E-state index in [1.165, 1.54) is 0 Å². The lowest BCUT2D eigenvalue weighted by Crippen LogP contribution is -2.30. The summed E-state index contributed by atoms with van der Waals surface area (Å²) in [6.07, 6.45) is 0. The summed E-state index contributed by atoms with van der Waals surface area (Å²) in [4.78, 5) is 0. The summed E-state index contributed by atoms with van der Waals surface area (Å²) in [5, 5.41) is 23.0. The molecule has 1 unspecified atom stereocenters. The van der Waals surface area contributed by atoms with E-state index in [1.54, 1.807) is 37.3 Å². The summed E-state index contributed by atoms with van der Waals surface area (Å²) in [5.74, 6) is 1.21. The van der Waals surface area contributed by atoms with Crippen LogP contribution in [0, 0.1) is 18.3 Å². The van der Waals surface area contributed by atoms with Gasteiger partial charge in [0, 0.05) is 5.02 Å². The molecule has 1 aromatic heterocycles. The van der Waals surface area contributed by atoms with Crippen LogP contribution in [0.5, 0.6) is 0 Å². The number of anilines is 1. The molecule has 4 nitrogen and oxygen atoms in total. The van der Waals surface area contributed by atoms with Crippen LogP contribution in [0.1, 0.15) is 24.0 Å². The van der Waals surface area contributed by atoms with Crippen molar-refractivity contribution in [3.63, 3.8) is 0 Å². The van der Waals surface area contributed by atoms with Gasteiger partial charge in [-0.3, -0.25) is 0 Å². The van der Waals surface area contributed by atoms with Gasteiger partial charge in [-0.1, -0.05) is 11.6 Å². The van der Waals surface area contributed by atoms with Crippen LogP contribution in [-0.2, 0) is 5.60 Å². The highest BCUT2D eigenvalue weighted by atomic mass is 35.5. The smallest absolute Gasteiger partial charge is 0.137 e. The maximum absolute atomic E-state index is 10.4. The molecular formula is C15H15ClN2O2. The molecule has 104 valence electrons. The van der Waals surface area contributed by atoms with Gasteiger partial charge >= 0.3 is 0 Å². The quantitative estimate of drug-likeness (QED) is 0.905. The Kier molecular flexibility index (Phi) is 4.03. The molecule has 0 aliphatic carbocycles. The molecule has 1 atom stereocenters. The SMILES string of the molecule is Cc1ccc(C(C)(O)CNc2cc(Cl)ccc2C#N)o1. The van der Waals surface area contributed by atoms with E-state index in [1.807, 2.05) is 6.92 Å². The highest BCUT2D eigenvalue weighted by Gasteiger charge is 2.26. The largest absolute Gasteiger partial charge is 0.463 e. The fourth-order valence-corrected chi connectivity index (χ4v) is 2.01. The highest BCUT2D eigenvalue weighted by Crippen LogP contribution is 2.25. The lowest BCUT2D eigenvalue weighted by molar-refractivity contribution is 0.0468. The van der Waals surface area contributed by atoms with E-state index in [9.17, 15) is 5.11 Å². The predicted molar refractivity (Wildman–Crippen MR) is 77.7 cm³/mol. The van der Waals surface area contributed by atoms with Gasteiger partial charge < -0.3 is 14.8 Å². The van der Waals surface area contributed by atoms with Crippen molar-refractivity contribution in [3.8, 4) is 6.07 Å². The third-order valence-electron chi connectivity index (χ3n) is 3.00. The number of aryl methyl sites for hydroxylation is 1. The van der Waals surface area contributed by atoms with Crippen LogP contribution in [0.3, 0.4) is 0 Å². The Morgan fingerprint density at radius 3 is 2.75 bits per heavy atom. The van der Waals surface area contributed by atoms with Crippen molar-refractivity contribution >= 4 is 17.3 Å². The standard InChI is InChI=1S/C15H15ClN2O2/c1-10-3-6-14(20-10)15(2,19)9-18-13-7-12(16)5-4-11(13)8-17/h3-7,18-19H,9H2,1-2H3. The maximum Gasteiger partial charge on any atom is 0.137 e. The van der Waals surface area contributed by atoms with Gasteiger partial charge in [-0.05, 0) is 44.2 Å². The molecule has 0 saturated heterocycles. The Bertz CT molecular complexity index is 656. The van der Waals surface area contributed by atoms with E-state index < -0.39 is 5.60 Å². The minimum absolute atomic E-state index is 0.203. The van der Waals surface area contributed by atoms with Gasteiger partial charge in [-0.25, -0.2) is 0 Å². The minimum Gasteiger partial charge on any atom is -0.463 e. The van der Waals surface area contributed by atoms with Gasteiger partial charge in [0.15, 0.2) is 0 Å². The summed E-state index contributed by atoms with van der Waals surface area (Å²) < 4.78 is 5.44. The first-order valence-electron chi connectivity index (χ1n) is 6.15. The molecule has 2 rings (SSSR count). The predicted octanol–water partition coefficient (Wildman–Crippen LogP) is 3.43. The van der Waals surface area contributed by atoms with Gasteiger partial charge in [0.2, 0.25) is 0 Å². The molecule has 0 amide bonds. The van der Waals surface area contributed by atoms with E-state index in [-0.39, 0.29) is 6.54 Å². The van der Waals surface area contributed by atoms with Crippen LogP contribution >= 0.6 is 11.6 Å². The highest BCUT2D eigenvalue weighted by molar-refractivity contribution is 6.30. The van der Waals surface area contributed by atoms with Gasteiger partial charge in [-0.2, -0.15) is 5.26 Å². The molecule has 20 heavy (non-hydrogen) atoms. The fourth-order valence-electron chi connectivity index (χ4n) is 1.84. The molecule has 2 N–H and O–H groups in total. The molecule has 1 heterocycles. The summed E-state index contributed by atoms with van der Waals surface area (Å²) in [7, 11) is 0. The van der Waals surface area contributed by atoms with Gasteiger partial charge in [0.05, 0.1) is 17.8 Å². The van der Waals surface area contributed by atoms with E-state index in [0.717, 1.165) is 5.76 Å². The first-order chi connectivity index (χ1) is 9.42.